The second kappa shape index (κ2) is 10.7. The molecule has 2 saturated heterocycles. The summed E-state index contributed by atoms with van der Waals surface area (Å²) in [6.07, 6.45) is 7.22. The Morgan fingerprint density at radius 1 is 0.971 bits per heavy atom. The van der Waals surface area contributed by atoms with E-state index in [4.69, 9.17) is 19.7 Å². The molecule has 0 bridgehead atoms. The van der Waals surface area contributed by atoms with Gasteiger partial charge in [0.15, 0.2) is 4.34 Å². The largest absolute Gasteiger partial charge is 0.468 e. The van der Waals surface area contributed by atoms with Gasteiger partial charge in [-0.15, -0.1) is 11.3 Å². The summed E-state index contributed by atoms with van der Waals surface area (Å²) in [4.78, 5) is 35.0. The maximum atomic E-state index is 11.4. The predicted octanol–water partition coefficient (Wildman–Crippen LogP) is 4.47. The number of thiazole rings is 1. The van der Waals surface area contributed by atoms with Gasteiger partial charge in [-0.2, -0.15) is 15.0 Å². The molecule has 34 heavy (non-hydrogen) atoms. The van der Waals surface area contributed by atoms with E-state index in [2.05, 4.69) is 26.2 Å². The van der Waals surface area contributed by atoms with Gasteiger partial charge >= 0.3 is 5.97 Å². The average Bonchev–Trinajstić information content (AvgIpc) is 3.30. The zero-order valence-corrected chi connectivity index (χ0v) is 21.0. The molecular weight excluding hydrogens is 470 g/mol. The SMILES string of the molecule is COC(=O)CSc1nc2ccc(Nc3nc(N4CCCCC4)nc(N4CCCCC4)n3)cc2s1. The van der Waals surface area contributed by atoms with Crippen LogP contribution in [-0.2, 0) is 9.53 Å². The number of thioether (sulfide) groups is 1. The summed E-state index contributed by atoms with van der Waals surface area (Å²) in [6, 6.07) is 6.02. The minimum absolute atomic E-state index is 0.254. The van der Waals surface area contributed by atoms with E-state index in [1.807, 2.05) is 12.1 Å². The lowest BCUT2D eigenvalue weighted by Crippen LogP contribution is -2.34. The number of fused-ring (bicyclic) bond motifs is 1. The van der Waals surface area contributed by atoms with Crippen LogP contribution in [0.3, 0.4) is 0 Å². The fourth-order valence-electron chi connectivity index (χ4n) is 4.23. The lowest BCUT2D eigenvalue weighted by Gasteiger charge is -2.30. The first-order chi connectivity index (χ1) is 16.7. The number of nitrogens with zero attached hydrogens (tertiary/aromatic N) is 6. The lowest BCUT2D eigenvalue weighted by molar-refractivity contribution is -0.137. The summed E-state index contributed by atoms with van der Waals surface area (Å²) in [6.45, 7) is 3.95. The summed E-state index contributed by atoms with van der Waals surface area (Å²) < 4.78 is 6.61. The number of aromatic nitrogens is 4. The highest BCUT2D eigenvalue weighted by molar-refractivity contribution is 8.01. The maximum Gasteiger partial charge on any atom is 0.316 e. The zero-order valence-electron chi connectivity index (χ0n) is 19.3. The molecule has 9 nitrogen and oxygen atoms in total. The van der Waals surface area contributed by atoms with Gasteiger partial charge in [0.25, 0.3) is 0 Å². The van der Waals surface area contributed by atoms with Crippen molar-refractivity contribution in [2.24, 2.45) is 0 Å². The molecule has 2 aromatic heterocycles. The number of nitrogens with one attached hydrogen (secondary N) is 1. The molecule has 4 heterocycles. The van der Waals surface area contributed by atoms with Gasteiger partial charge in [-0.05, 0) is 56.7 Å². The van der Waals surface area contributed by atoms with Crippen molar-refractivity contribution in [1.82, 2.24) is 19.9 Å². The van der Waals surface area contributed by atoms with E-state index in [-0.39, 0.29) is 11.7 Å². The van der Waals surface area contributed by atoms with Gasteiger partial charge in [0.05, 0.1) is 23.1 Å². The van der Waals surface area contributed by atoms with Crippen LogP contribution in [0.25, 0.3) is 10.2 Å². The Morgan fingerprint density at radius 3 is 2.24 bits per heavy atom. The van der Waals surface area contributed by atoms with E-state index in [9.17, 15) is 4.79 Å². The van der Waals surface area contributed by atoms with Crippen molar-refractivity contribution in [1.29, 1.82) is 0 Å². The van der Waals surface area contributed by atoms with Crippen LogP contribution >= 0.6 is 23.1 Å². The highest BCUT2D eigenvalue weighted by Crippen LogP contribution is 2.32. The van der Waals surface area contributed by atoms with Crippen molar-refractivity contribution >= 4 is 62.8 Å². The molecule has 0 aliphatic carbocycles. The number of piperidine rings is 2. The van der Waals surface area contributed by atoms with E-state index in [1.165, 1.54) is 57.4 Å². The molecule has 0 atom stereocenters. The third kappa shape index (κ3) is 5.52. The van der Waals surface area contributed by atoms with E-state index in [1.54, 1.807) is 11.3 Å². The summed E-state index contributed by atoms with van der Waals surface area (Å²) in [5.41, 5.74) is 1.81. The predicted molar refractivity (Wildman–Crippen MR) is 138 cm³/mol. The van der Waals surface area contributed by atoms with E-state index >= 15 is 0 Å². The minimum Gasteiger partial charge on any atom is -0.468 e. The number of hydrogen-bond donors (Lipinski definition) is 1. The van der Waals surface area contributed by atoms with Crippen LogP contribution in [0.15, 0.2) is 22.5 Å². The molecule has 2 fully saturated rings. The highest BCUT2D eigenvalue weighted by Gasteiger charge is 2.20. The lowest BCUT2D eigenvalue weighted by atomic mass is 10.1. The number of benzene rings is 1. The Kier molecular flexibility index (Phi) is 7.29. The van der Waals surface area contributed by atoms with Crippen LogP contribution in [0.5, 0.6) is 0 Å². The Hall–Kier alpha value is -2.66. The second-order valence-corrected chi connectivity index (χ2v) is 10.8. The number of anilines is 4. The molecular formula is C23H29N7O2S2. The Morgan fingerprint density at radius 2 is 1.62 bits per heavy atom. The van der Waals surface area contributed by atoms with Crippen molar-refractivity contribution in [3.05, 3.63) is 18.2 Å². The van der Waals surface area contributed by atoms with Gasteiger partial charge in [-0.25, -0.2) is 4.98 Å². The number of hydrogen-bond acceptors (Lipinski definition) is 11. The van der Waals surface area contributed by atoms with Gasteiger partial charge in [-0.3, -0.25) is 4.79 Å². The maximum absolute atomic E-state index is 11.4. The first kappa shape index (κ1) is 23.1. The van der Waals surface area contributed by atoms with E-state index in [0.29, 0.717) is 5.95 Å². The van der Waals surface area contributed by atoms with Crippen molar-refractivity contribution in [3.63, 3.8) is 0 Å². The standard InChI is InChI=1S/C23H29N7O2S2/c1-32-19(31)15-33-23-25-17-9-8-16(14-18(17)34-23)24-20-26-21(29-10-4-2-5-11-29)28-22(27-20)30-12-6-3-7-13-30/h8-9,14H,2-7,10-13,15H2,1H3,(H,24,26,27,28). The van der Waals surface area contributed by atoms with Crippen LogP contribution < -0.4 is 15.1 Å². The molecule has 2 aliphatic rings. The number of carbonyl (C=O) groups is 1. The zero-order chi connectivity index (χ0) is 23.3. The topological polar surface area (TPSA) is 96.4 Å². The first-order valence-corrected chi connectivity index (χ1v) is 13.6. The monoisotopic (exact) mass is 499 g/mol. The normalized spacial score (nSPS) is 16.6. The third-order valence-corrected chi connectivity index (χ3v) is 8.19. The van der Waals surface area contributed by atoms with E-state index < -0.39 is 0 Å². The summed E-state index contributed by atoms with van der Waals surface area (Å²) in [5, 5.41) is 3.41. The van der Waals surface area contributed by atoms with Crippen molar-refractivity contribution in [2.75, 3.05) is 54.2 Å². The molecule has 0 amide bonds. The smallest absolute Gasteiger partial charge is 0.316 e. The van der Waals surface area contributed by atoms with Gasteiger partial charge in [0.1, 0.15) is 0 Å². The summed E-state index contributed by atoms with van der Waals surface area (Å²) in [7, 11) is 1.40. The molecule has 3 aromatic rings. The van der Waals surface area contributed by atoms with Gasteiger partial charge in [0.2, 0.25) is 17.8 Å². The molecule has 5 rings (SSSR count). The quantitative estimate of drug-likeness (QED) is 0.370. The average molecular weight is 500 g/mol. The third-order valence-electron chi connectivity index (χ3n) is 6.06. The van der Waals surface area contributed by atoms with Crippen LogP contribution in [0, 0.1) is 0 Å². The van der Waals surface area contributed by atoms with Crippen LogP contribution in [-0.4, -0.2) is 64.9 Å². The van der Waals surface area contributed by atoms with Gasteiger partial charge < -0.3 is 19.9 Å². The molecule has 0 spiro atoms. The van der Waals surface area contributed by atoms with Gasteiger partial charge in [0, 0.05) is 31.9 Å². The van der Waals surface area contributed by atoms with Crippen molar-refractivity contribution < 1.29 is 9.53 Å². The van der Waals surface area contributed by atoms with Crippen LogP contribution in [0.1, 0.15) is 38.5 Å². The molecule has 1 aromatic carbocycles. The van der Waals surface area contributed by atoms with Crippen molar-refractivity contribution in [2.45, 2.75) is 42.9 Å². The Balaban J connectivity index is 1.39. The van der Waals surface area contributed by atoms with Crippen LogP contribution in [0.4, 0.5) is 23.5 Å². The second-order valence-electron chi connectivity index (χ2n) is 8.51. The molecule has 1 N–H and O–H groups in total. The minimum atomic E-state index is -0.254. The number of ether oxygens (including phenoxy) is 1. The number of rotatable bonds is 7. The molecule has 180 valence electrons. The number of esters is 1. The molecule has 11 heteroatoms. The molecule has 0 saturated carbocycles. The van der Waals surface area contributed by atoms with Crippen molar-refractivity contribution in [3.8, 4) is 0 Å². The van der Waals surface area contributed by atoms with E-state index in [0.717, 1.165) is 58.3 Å². The molecule has 2 aliphatic heterocycles. The van der Waals surface area contributed by atoms with Crippen LogP contribution in [0.2, 0.25) is 0 Å². The fraction of sp³-hybridized carbons (Fsp3) is 0.522. The Labute approximate surface area is 207 Å². The fourth-order valence-corrected chi connectivity index (χ4v) is 6.17. The highest BCUT2D eigenvalue weighted by atomic mass is 32.2. The summed E-state index contributed by atoms with van der Waals surface area (Å²) in [5.74, 6) is 2.09. The summed E-state index contributed by atoms with van der Waals surface area (Å²) >= 11 is 2.95. The number of carbonyl (C=O) groups excluding carboxylic acids is 1. The molecule has 0 radical (unpaired) electrons. The first-order valence-electron chi connectivity index (χ1n) is 11.8. The van der Waals surface area contributed by atoms with Gasteiger partial charge in [-0.1, -0.05) is 11.8 Å². The molecule has 0 unspecified atom stereocenters. The Bertz CT molecular complexity index is 1110. The number of methoxy groups -OCH3 is 1.